The minimum atomic E-state index is -3.48. The molecule has 1 rings (SSSR count). The lowest BCUT2D eigenvalue weighted by Crippen LogP contribution is -2.29. The summed E-state index contributed by atoms with van der Waals surface area (Å²) in [4.78, 5) is 10.8. The molecule has 1 amide bonds. The fraction of sp³-hybridized carbons (Fsp3) is 0.462. The molecule has 0 aliphatic heterocycles. The van der Waals surface area contributed by atoms with E-state index in [1.165, 1.54) is 6.92 Å². The van der Waals surface area contributed by atoms with Gasteiger partial charge in [-0.15, -0.1) is 0 Å². The lowest BCUT2D eigenvalue weighted by Gasteiger charge is -2.08. The van der Waals surface area contributed by atoms with Crippen LogP contribution >= 0.6 is 0 Å². The minimum Gasteiger partial charge on any atom is -0.378 e. The molecule has 1 aromatic carbocycles. The van der Waals surface area contributed by atoms with Gasteiger partial charge in [-0.3, -0.25) is 4.79 Å². The molecule has 0 radical (unpaired) electrons. The van der Waals surface area contributed by atoms with Crippen LogP contribution in [0.4, 0.5) is 0 Å². The average molecular weight is 300 g/mol. The van der Waals surface area contributed by atoms with Gasteiger partial charge in [0.05, 0.1) is 18.1 Å². The first kappa shape index (κ1) is 16.6. The van der Waals surface area contributed by atoms with E-state index in [-0.39, 0.29) is 24.0 Å². The van der Waals surface area contributed by atoms with E-state index < -0.39 is 10.0 Å². The van der Waals surface area contributed by atoms with E-state index in [4.69, 9.17) is 4.74 Å². The number of hydrogen-bond donors (Lipinski definition) is 2. The fourth-order valence-corrected chi connectivity index (χ4v) is 2.46. The van der Waals surface area contributed by atoms with E-state index in [0.29, 0.717) is 13.2 Å². The summed E-state index contributed by atoms with van der Waals surface area (Å²) in [7, 11) is -3.48. The van der Waals surface area contributed by atoms with Crippen LogP contribution in [0.25, 0.3) is 0 Å². The number of nitrogens with one attached hydrogen (secondary N) is 2. The molecule has 0 saturated carbocycles. The van der Waals surface area contributed by atoms with E-state index in [1.54, 1.807) is 24.3 Å². The zero-order valence-corrected chi connectivity index (χ0v) is 12.5. The number of ether oxygens (including phenoxy) is 1. The highest BCUT2D eigenvalue weighted by Crippen LogP contribution is 2.09. The van der Waals surface area contributed by atoms with Crippen molar-refractivity contribution in [2.24, 2.45) is 0 Å². The predicted octanol–water partition coefficient (Wildman–Crippen LogP) is 0.426. The number of benzene rings is 1. The van der Waals surface area contributed by atoms with Crippen molar-refractivity contribution < 1.29 is 17.9 Å². The van der Waals surface area contributed by atoms with Gasteiger partial charge < -0.3 is 10.1 Å². The summed E-state index contributed by atoms with van der Waals surface area (Å²) in [5.41, 5.74) is 1.00. The highest BCUT2D eigenvalue weighted by atomic mass is 32.2. The van der Waals surface area contributed by atoms with Gasteiger partial charge >= 0.3 is 0 Å². The monoisotopic (exact) mass is 300 g/mol. The maximum atomic E-state index is 11.9. The van der Waals surface area contributed by atoms with Crippen molar-refractivity contribution in [1.29, 1.82) is 0 Å². The zero-order chi connectivity index (χ0) is 15.0. The van der Waals surface area contributed by atoms with Crippen molar-refractivity contribution in [3.63, 3.8) is 0 Å². The first-order chi connectivity index (χ1) is 9.42. The van der Waals surface area contributed by atoms with E-state index in [1.807, 2.05) is 6.92 Å². The molecule has 2 N–H and O–H groups in total. The van der Waals surface area contributed by atoms with Gasteiger partial charge in [0.2, 0.25) is 15.9 Å². The molecule has 0 aliphatic rings. The molecular weight excluding hydrogens is 280 g/mol. The third kappa shape index (κ3) is 6.14. The molecule has 0 bridgehead atoms. The molecule has 0 aromatic heterocycles. The third-order valence-corrected chi connectivity index (χ3v) is 3.97. The summed E-state index contributed by atoms with van der Waals surface area (Å²) in [5, 5.41) is 2.58. The molecule has 20 heavy (non-hydrogen) atoms. The smallest absolute Gasteiger partial charge is 0.240 e. The highest BCUT2D eigenvalue weighted by molar-refractivity contribution is 7.89. The minimum absolute atomic E-state index is 0.117. The van der Waals surface area contributed by atoms with Crippen molar-refractivity contribution in [3.05, 3.63) is 29.8 Å². The van der Waals surface area contributed by atoms with Crippen LogP contribution in [0.5, 0.6) is 0 Å². The molecule has 1 aromatic rings. The van der Waals surface area contributed by atoms with Gasteiger partial charge in [-0.2, -0.15) is 0 Å². The van der Waals surface area contributed by atoms with E-state index in [0.717, 1.165) is 5.56 Å². The number of rotatable bonds is 8. The summed E-state index contributed by atoms with van der Waals surface area (Å²) in [6.45, 7) is 4.54. The lowest BCUT2D eigenvalue weighted by molar-refractivity contribution is -0.119. The zero-order valence-electron chi connectivity index (χ0n) is 11.7. The number of hydrogen-bond acceptors (Lipinski definition) is 4. The number of aryl methyl sites for hydroxylation is 1. The van der Waals surface area contributed by atoms with Crippen LogP contribution < -0.4 is 10.0 Å². The fourth-order valence-electron chi connectivity index (χ4n) is 1.45. The second-order valence-corrected chi connectivity index (χ2v) is 6.07. The van der Waals surface area contributed by atoms with E-state index in [9.17, 15) is 13.2 Å². The Labute approximate surface area is 119 Å². The Bertz CT molecular complexity index is 526. The summed E-state index contributed by atoms with van der Waals surface area (Å²) >= 11 is 0. The molecule has 112 valence electrons. The molecule has 0 spiro atoms. The third-order valence-electron chi connectivity index (χ3n) is 2.49. The van der Waals surface area contributed by atoms with Crippen LogP contribution in [0, 0.1) is 6.92 Å². The van der Waals surface area contributed by atoms with Gasteiger partial charge in [0.25, 0.3) is 0 Å². The Morgan fingerprint density at radius 2 is 1.75 bits per heavy atom. The molecule has 7 heteroatoms. The quantitative estimate of drug-likeness (QED) is 0.682. The largest absolute Gasteiger partial charge is 0.378 e. The van der Waals surface area contributed by atoms with E-state index in [2.05, 4.69) is 10.0 Å². The Balaban J connectivity index is 2.27. The topological polar surface area (TPSA) is 84.5 Å². The van der Waals surface area contributed by atoms with Gasteiger partial charge in [-0.1, -0.05) is 17.7 Å². The Morgan fingerprint density at radius 1 is 1.15 bits per heavy atom. The van der Waals surface area contributed by atoms with Crippen molar-refractivity contribution in [1.82, 2.24) is 10.0 Å². The normalized spacial score (nSPS) is 11.3. The standard InChI is InChI=1S/C13H20N2O4S/c1-11-3-5-13(6-4-11)20(17,18)15-8-10-19-9-7-14-12(2)16/h3-6,15H,7-10H2,1-2H3,(H,14,16). The van der Waals surface area contributed by atoms with Crippen LogP contribution in [-0.2, 0) is 19.6 Å². The first-order valence-electron chi connectivity index (χ1n) is 6.30. The first-order valence-corrected chi connectivity index (χ1v) is 7.78. The maximum absolute atomic E-state index is 11.9. The van der Waals surface area contributed by atoms with E-state index >= 15 is 0 Å². The number of amides is 1. The van der Waals surface area contributed by atoms with Gasteiger partial charge in [0, 0.05) is 20.0 Å². The van der Waals surface area contributed by atoms with Gasteiger partial charge in [0.1, 0.15) is 0 Å². The van der Waals surface area contributed by atoms with Crippen LogP contribution in [0.15, 0.2) is 29.2 Å². The summed E-state index contributed by atoms with van der Waals surface area (Å²) in [5.74, 6) is -0.117. The Morgan fingerprint density at radius 3 is 2.35 bits per heavy atom. The van der Waals surface area contributed by atoms with Crippen molar-refractivity contribution in [2.45, 2.75) is 18.7 Å². The molecule has 6 nitrogen and oxygen atoms in total. The van der Waals surface area contributed by atoms with Crippen LogP contribution in [0.1, 0.15) is 12.5 Å². The second kappa shape index (κ2) is 7.98. The molecule has 0 saturated heterocycles. The van der Waals surface area contributed by atoms with Gasteiger partial charge in [-0.05, 0) is 19.1 Å². The van der Waals surface area contributed by atoms with Crippen LogP contribution in [0.3, 0.4) is 0 Å². The van der Waals surface area contributed by atoms with Crippen LogP contribution in [0.2, 0.25) is 0 Å². The molecule has 0 aliphatic carbocycles. The molecular formula is C13H20N2O4S. The van der Waals surface area contributed by atoms with Crippen molar-refractivity contribution in [2.75, 3.05) is 26.3 Å². The molecule has 0 unspecified atom stereocenters. The second-order valence-electron chi connectivity index (χ2n) is 4.31. The number of sulfonamides is 1. The summed E-state index contributed by atoms with van der Waals surface area (Å²) in [6.07, 6.45) is 0. The maximum Gasteiger partial charge on any atom is 0.240 e. The summed E-state index contributed by atoms with van der Waals surface area (Å²) < 4.78 is 31.4. The summed E-state index contributed by atoms with van der Waals surface area (Å²) in [6, 6.07) is 6.63. The molecule has 0 heterocycles. The number of carbonyl (C=O) groups is 1. The Hall–Kier alpha value is -1.44. The van der Waals surface area contributed by atoms with Crippen LogP contribution in [-0.4, -0.2) is 40.6 Å². The Kier molecular flexibility index (Phi) is 6.63. The molecule has 0 atom stereocenters. The molecule has 0 fully saturated rings. The number of carbonyl (C=O) groups excluding carboxylic acids is 1. The van der Waals surface area contributed by atoms with Gasteiger partial charge in [-0.25, -0.2) is 13.1 Å². The SMILES string of the molecule is CC(=O)NCCOCCNS(=O)(=O)c1ccc(C)cc1. The van der Waals surface area contributed by atoms with Crippen molar-refractivity contribution >= 4 is 15.9 Å². The average Bonchev–Trinajstić information content (AvgIpc) is 2.37. The predicted molar refractivity (Wildman–Crippen MR) is 75.9 cm³/mol. The lowest BCUT2D eigenvalue weighted by atomic mass is 10.2. The van der Waals surface area contributed by atoms with Crippen molar-refractivity contribution in [3.8, 4) is 0 Å². The highest BCUT2D eigenvalue weighted by Gasteiger charge is 2.12. The van der Waals surface area contributed by atoms with Gasteiger partial charge in [0.15, 0.2) is 0 Å².